The number of hydrogen-bond donors (Lipinski definition) is 1. The average Bonchev–Trinajstić information content (AvgIpc) is 2.21. The third-order valence-electron chi connectivity index (χ3n) is 1.88. The standard InChI is InChI=1S/C10H14N2O3/c1-3-12-6-8(4-5-10(12)14)11-9(13)7-15-2/h4-6H,3,7H2,1-2H3,(H,11,13). The summed E-state index contributed by atoms with van der Waals surface area (Å²) in [6.07, 6.45) is 1.61. The molecule has 1 rings (SSSR count). The highest BCUT2D eigenvalue weighted by atomic mass is 16.5. The molecule has 15 heavy (non-hydrogen) atoms. The highest BCUT2D eigenvalue weighted by molar-refractivity contribution is 5.91. The van der Waals surface area contributed by atoms with Gasteiger partial charge in [-0.3, -0.25) is 9.59 Å². The molecule has 1 N–H and O–H groups in total. The zero-order chi connectivity index (χ0) is 11.3. The van der Waals surface area contributed by atoms with Crippen molar-refractivity contribution >= 4 is 11.6 Å². The van der Waals surface area contributed by atoms with Gasteiger partial charge in [-0.1, -0.05) is 0 Å². The van der Waals surface area contributed by atoms with Crippen molar-refractivity contribution in [3.05, 3.63) is 28.7 Å². The summed E-state index contributed by atoms with van der Waals surface area (Å²) >= 11 is 0. The van der Waals surface area contributed by atoms with Gasteiger partial charge in [0, 0.05) is 25.9 Å². The lowest BCUT2D eigenvalue weighted by atomic mass is 10.4. The van der Waals surface area contributed by atoms with Crippen LogP contribution in [0.25, 0.3) is 0 Å². The zero-order valence-electron chi connectivity index (χ0n) is 8.82. The Labute approximate surface area is 87.7 Å². The molecule has 0 saturated carbocycles. The van der Waals surface area contributed by atoms with Crippen LogP contribution < -0.4 is 10.9 Å². The molecular weight excluding hydrogens is 196 g/mol. The van der Waals surface area contributed by atoms with Gasteiger partial charge in [-0.15, -0.1) is 0 Å². The number of carbonyl (C=O) groups excluding carboxylic acids is 1. The highest BCUT2D eigenvalue weighted by Gasteiger charge is 2.02. The predicted molar refractivity (Wildman–Crippen MR) is 56.9 cm³/mol. The fraction of sp³-hybridized carbons (Fsp3) is 0.400. The van der Waals surface area contributed by atoms with Gasteiger partial charge in [0.1, 0.15) is 6.61 Å². The van der Waals surface area contributed by atoms with Crippen molar-refractivity contribution in [1.82, 2.24) is 4.57 Å². The second-order valence-corrected chi connectivity index (χ2v) is 3.02. The second-order valence-electron chi connectivity index (χ2n) is 3.02. The summed E-state index contributed by atoms with van der Waals surface area (Å²) in [5.74, 6) is -0.237. The molecule has 0 saturated heterocycles. The van der Waals surface area contributed by atoms with E-state index in [0.29, 0.717) is 12.2 Å². The van der Waals surface area contributed by atoms with Gasteiger partial charge in [-0.05, 0) is 13.0 Å². The number of pyridine rings is 1. The van der Waals surface area contributed by atoms with E-state index in [-0.39, 0.29) is 18.1 Å². The van der Waals surface area contributed by atoms with E-state index in [0.717, 1.165) is 0 Å². The lowest BCUT2D eigenvalue weighted by Gasteiger charge is -2.07. The van der Waals surface area contributed by atoms with E-state index in [4.69, 9.17) is 0 Å². The molecule has 1 aromatic rings. The molecule has 5 heteroatoms. The quantitative estimate of drug-likeness (QED) is 0.785. The predicted octanol–water partition coefficient (Wildman–Crippen LogP) is 0.453. The Morgan fingerprint density at radius 2 is 2.27 bits per heavy atom. The topological polar surface area (TPSA) is 60.3 Å². The number of ether oxygens (including phenoxy) is 1. The molecule has 0 atom stereocenters. The van der Waals surface area contributed by atoms with Gasteiger partial charge < -0.3 is 14.6 Å². The van der Waals surface area contributed by atoms with Gasteiger partial charge in [0.05, 0.1) is 5.69 Å². The van der Waals surface area contributed by atoms with Gasteiger partial charge >= 0.3 is 0 Å². The summed E-state index contributed by atoms with van der Waals surface area (Å²) in [5.41, 5.74) is 0.515. The van der Waals surface area contributed by atoms with Crippen molar-refractivity contribution in [1.29, 1.82) is 0 Å². The molecule has 82 valence electrons. The van der Waals surface area contributed by atoms with Crippen LogP contribution in [-0.2, 0) is 16.1 Å². The molecule has 0 bridgehead atoms. The number of rotatable bonds is 4. The number of methoxy groups -OCH3 is 1. The number of carbonyl (C=O) groups is 1. The van der Waals surface area contributed by atoms with Crippen LogP contribution in [0.4, 0.5) is 5.69 Å². The summed E-state index contributed by atoms with van der Waals surface area (Å²) in [6, 6.07) is 2.99. The Kier molecular flexibility index (Phi) is 4.05. The van der Waals surface area contributed by atoms with Crippen molar-refractivity contribution < 1.29 is 9.53 Å². The molecule has 1 amide bonds. The van der Waals surface area contributed by atoms with Crippen LogP contribution in [0.3, 0.4) is 0 Å². The largest absolute Gasteiger partial charge is 0.375 e. The Balaban J connectivity index is 2.78. The van der Waals surface area contributed by atoms with Gasteiger partial charge in [-0.25, -0.2) is 0 Å². The number of aryl methyl sites for hydroxylation is 1. The Bertz CT molecular complexity index is 398. The van der Waals surface area contributed by atoms with Crippen LogP contribution in [0.15, 0.2) is 23.1 Å². The molecule has 0 unspecified atom stereocenters. The number of nitrogens with one attached hydrogen (secondary N) is 1. The number of anilines is 1. The van der Waals surface area contributed by atoms with Crippen LogP contribution in [0, 0.1) is 0 Å². The maximum atomic E-state index is 11.2. The smallest absolute Gasteiger partial charge is 0.250 e. The normalized spacial score (nSPS) is 10.0. The Hall–Kier alpha value is -1.62. The first-order valence-electron chi connectivity index (χ1n) is 4.66. The second kappa shape index (κ2) is 5.31. The van der Waals surface area contributed by atoms with Crippen molar-refractivity contribution in [2.45, 2.75) is 13.5 Å². The van der Waals surface area contributed by atoms with E-state index in [2.05, 4.69) is 10.1 Å². The summed E-state index contributed by atoms with van der Waals surface area (Å²) in [6.45, 7) is 2.44. The van der Waals surface area contributed by atoms with Crippen LogP contribution in [0.2, 0.25) is 0 Å². The Morgan fingerprint density at radius 3 is 2.87 bits per heavy atom. The molecular formula is C10H14N2O3. The third kappa shape index (κ3) is 3.21. The SMILES string of the molecule is CCn1cc(NC(=O)COC)ccc1=O. The van der Waals surface area contributed by atoms with Crippen LogP contribution in [-0.4, -0.2) is 24.2 Å². The zero-order valence-corrected chi connectivity index (χ0v) is 8.82. The Morgan fingerprint density at radius 1 is 1.53 bits per heavy atom. The van der Waals surface area contributed by atoms with Crippen LogP contribution >= 0.6 is 0 Å². The summed E-state index contributed by atoms with van der Waals surface area (Å²) in [7, 11) is 1.45. The van der Waals surface area contributed by atoms with Crippen molar-refractivity contribution in [2.24, 2.45) is 0 Å². The highest BCUT2D eigenvalue weighted by Crippen LogP contribution is 2.02. The molecule has 0 aromatic carbocycles. The lowest BCUT2D eigenvalue weighted by molar-refractivity contribution is -0.119. The maximum absolute atomic E-state index is 11.2. The van der Waals surface area contributed by atoms with Crippen molar-refractivity contribution in [3.8, 4) is 0 Å². The van der Waals surface area contributed by atoms with Gasteiger partial charge in [0.2, 0.25) is 5.91 Å². The molecule has 0 aliphatic rings. The summed E-state index contributed by atoms with van der Waals surface area (Å²) < 4.78 is 6.19. The minimum absolute atomic E-state index is 0.00521. The molecule has 0 fully saturated rings. The van der Waals surface area contributed by atoms with E-state index in [9.17, 15) is 9.59 Å². The van der Waals surface area contributed by atoms with Crippen LogP contribution in [0.1, 0.15) is 6.92 Å². The van der Waals surface area contributed by atoms with Gasteiger partial charge in [0.25, 0.3) is 5.56 Å². The molecule has 0 radical (unpaired) electrons. The number of hydrogen-bond acceptors (Lipinski definition) is 3. The number of amides is 1. The van der Waals surface area contributed by atoms with Crippen LogP contribution in [0.5, 0.6) is 0 Å². The van der Waals surface area contributed by atoms with E-state index >= 15 is 0 Å². The monoisotopic (exact) mass is 210 g/mol. The van der Waals surface area contributed by atoms with E-state index < -0.39 is 0 Å². The molecule has 0 aliphatic heterocycles. The van der Waals surface area contributed by atoms with E-state index in [1.54, 1.807) is 12.3 Å². The first kappa shape index (κ1) is 11.5. The average molecular weight is 210 g/mol. The fourth-order valence-electron chi connectivity index (χ4n) is 1.18. The minimum Gasteiger partial charge on any atom is -0.375 e. The van der Waals surface area contributed by atoms with Gasteiger partial charge in [-0.2, -0.15) is 0 Å². The minimum atomic E-state index is -0.237. The van der Waals surface area contributed by atoms with E-state index in [1.807, 2.05) is 6.92 Å². The molecule has 5 nitrogen and oxygen atoms in total. The summed E-state index contributed by atoms with van der Waals surface area (Å²) in [4.78, 5) is 22.4. The summed E-state index contributed by atoms with van der Waals surface area (Å²) in [5, 5.41) is 2.62. The van der Waals surface area contributed by atoms with E-state index in [1.165, 1.54) is 17.7 Å². The van der Waals surface area contributed by atoms with Crippen molar-refractivity contribution in [3.63, 3.8) is 0 Å². The lowest BCUT2D eigenvalue weighted by Crippen LogP contribution is -2.21. The molecule has 1 heterocycles. The molecule has 1 aromatic heterocycles. The molecule has 0 spiro atoms. The first-order valence-corrected chi connectivity index (χ1v) is 4.66. The maximum Gasteiger partial charge on any atom is 0.250 e. The first-order chi connectivity index (χ1) is 7.17. The fourth-order valence-corrected chi connectivity index (χ4v) is 1.18. The molecule has 0 aliphatic carbocycles. The third-order valence-corrected chi connectivity index (χ3v) is 1.88. The number of nitrogens with zero attached hydrogens (tertiary/aromatic N) is 1. The van der Waals surface area contributed by atoms with Gasteiger partial charge in [0.15, 0.2) is 0 Å². The van der Waals surface area contributed by atoms with Crippen molar-refractivity contribution in [2.75, 3.05) is 19.0 Å². The number of aromatic nitrogens is 1.